The number of hydrogen-bond acceptors (Lipinski definition) is 5. The first kappa shape index (κ1) is 22.7. The van der Waals surface area contributed by atoms with Crippen molar-refractivity contribution in [3.8, 4) is 11.5 Å². The van der Waals surface area contributed by atoms with E-state index in [1.807, 2.05) is 19.9 Å². The number of hydrogen-bond donors (Lipinski definition) is 2. The Morgan fingerprint density at radius 1 is 1.00 bits per heavy atom. The van der Waals surface area contributed by atoms with Gasteiger partial charge in [-0.2, -0.15) is 0 Å². The first-order valence-corrected chi connectivity index (χ1v) is 10.8. The topological polar surface area (TPSA) is 93.7 Å². The van der Waals surface area contributed by atoms with E-state index in [1.54, 1.807) is 33.3 Å². The van der Waals surface area contributed by atoms with Crippen molar-refractivity contribution < 1.29 is 22.7 Å². The van der Waals surface area contributed by atoms with E-state index in [4.69, 9.17) is 9.47 Å². The molecule has 0 spiro atoms. The molecule has 0 aliphatic carbocycles. The molecule has 0 bridgehead atoms. The molecule has 8 heteroatoms. The number of nitrogens with one attached hydrogen (secondary N) is 2. The van der Waals surface area contributed by atoms with Gasteiger partial charge in [-0.3, -0.25) is 4.79 Å². The lowest BCUT2D eigenvalue weighted by Crippen LogP contribution is -2.32. The number of amides is 1. The fourth-order valence-electron chi connectivity index (χ4n) is 2.69. The molecule has 2 aromatic rings. The lowest BCUT2D eigenvalue weighted by atomic mass is 10.1. The minimum atomic E-state index is -3.60. The van der Waals surface area contributed by atoms with Crippen LogP contribution in [0.5, 0.6) is 11.5 Å². The van der Waals surface area contributed by atoms with Gasteiger partial charge in [-0.1, -0.05) is 13.0 Å². The van der Waals surface area contributed by atoms with Gasteiger partial charge in [0.2, 0.25) is 10.0 Å². The minimum Gasteiger partial charge on any atom is -0.493 e. The van der Waals surface area contributed by atoms with E-state index in [0.29, 0.717) is 23.5 Å². The van der Waals surface area contributed by atoms with E-state index >= 15 is 0 Å². The molecule has 0 aliphatic rings. The molecule has 0 aliphatic heterocycles. The molecule has 0 heterocycles. The van der Waals surface area contributed by atoms with E-state index in [0.717, 1.165) is 5.56 Å². The fourth-order valence-corrected chi connectivity index (χ4v) is 4.01. The SMILES string of the molecule is CCC(C)NS(=O)(=O)c1ccc(C(=O)NC(C)c2ccc(OC)c(OC)c2)cc1. The molecular formula is C21H28N2O5S. The van der Waals surface area contributed by atoms with Crippen molar-refractivity contribution in [2.75, 3.05) is 14.2 Å². The van der Waals surface area contributed by atoms with Crippen LogP contribution in [0.25, 0.3) is 0 Å². The van der Waals surface area contributed by atoms with Gasteiger partial charge < -0.3 is 14.8 Å². The highest BCUT2D eigenvalue weighted by molar-refractivity contribution is 7.89. The van der Waals surface area contributed by atoms with Gasteiger partial charge in [0, 0.05) is 11.6 Å². The molecule has 0 fully saturated rings. The van der Waals surface area contributed by atoms with Crippen molar-refractivity contribution >= 4 is 15.9 Å². The van der Waals surface area contributed by atoms with E-state index in [2.05, 4.69) is 10.0 Å². The Hall–Kier alpha value is -2.58. The van der Waals surface area contributed by atoms with Gasteiger partial charge in [0.1, 0.15) is 0 Å². The Morgan fingerprint density at radius 3 is 2.17 bits per heavy atom. The summed E-state index contributed by atoms with van der Waals surface area (Å²) in [6.45, 7) is 5.56. The molecule has 2 aromatic carbocycles. The summed E-state index contributed by atoms with van der Waals surface area (Å²) >= 11 is 0. The Morgan fingerprint density at radius 2 is 1.62 bits per heavy atom. The van der Waals surface area contributed by atoms with Crippen LogP contribution in [0.3, 0.4) is 0 Å². The number of carbonyl (C=O) groups is 1. The predicted octanol–water partition coefficient (Wildman–Crippen LogP) is 3.27. The van der Waals surface area contributed by atoms with Gasteiger partial charge in [0.15, 0.2) is 11.5 Å². The second-order valence-electron chi connectivity index (χ2n) is 6.76. The molecule has 0 saturated carbocycles. The standard InChI is InChI=1S/C21H28N2O5S/c1-6-14(2)23-29(25,26)18-10-7-16(8-11-18)21(24)22-15(3)17-9-12-19(27-4)20(13-17)28-5/h7-15,23H,6H2,1-5H3,(H,22,24). The Balaban J connectivity index is 2.11. The number of benzene rings is 2. The first-order chi connectivity index (χ1) is 13.7. The molecule has 2 unspecified atom stereocenters. The molecule has 0 radical (unpaired) electrons. The van der Waals surface area contributed by atoms with Crippen molar-refractivity contribution in [1.82, 2.24) is 10.0 Å². The Labute approximate surface area is 172 Å². The molecule has 158 valence electrons. The summed E-state index contributed by atoms with van der Waals surface area (Å²) in [5.41, 5.74) is 1.23. The Kier molecular flexibility index (Phi) is 7.64. The van der Waals surface area contributed by atoms with Crippen LogP contribution in [0.1, 0.15) is 49.2 Å². The van der Waals surface area contributed by atoms with E-state index in [-0.39, 0.29) is 22.9 Å². The van der Waals surface area contributed by atoms with Gasteiger partial charge in [-0.05, 0) is 62.2 Å². The second kappa shape index (κ2) is 9.76. The van der Waals surface area contributed by atoms with Crippen LogP contribution in [0.15, 0.2) is 47.4 Å². The maximum absolute atomic E-state index is 12.6. The van der Waals surface area contributed by atoms with Crippen molar-refractivity contribution in [1.29, 1.82) is 0 Å². The minimum absolute atomic E-state index is 0.127. The summed E-state index contributed by atoms with van der Waals surface area (Å²) < 4.78 is 37.8. The van der Waals surface area contributed by atoms with Gasteiger partial charge >= 0.3 is 0 Å². The molecule has 0 aromatic heterocycles. The van der Waals surface area contributed by atoms with Crippen LogP contribution in [-0.4, -0.2) is 34.6 Å². The summed E-state index contributed by atoms with van der Waals surface area (Å²) in [6.07, 6.45) is 0.688. The van der Waals surface area contributed by atoms with Crippen LogP contribution in [-0.2, 0) is 10.0 Å². The Bertz CT molecular complexity index is 942. The highest BCUT2D eigenvalue weighted by Crippen LogP contribution is 2.30. The molecule has 7 nitrogen and oxygen atoms in total. The second-order valence-corrected chi connectivity index (χ2v) is 8.48. The molecule has 2 rings (SSSR count). The zero-order valence-electron chi connectivity index (χ0n) is 17.4. The van der Waals surface area contributed by atoms with Crippen molar-refractivity contribution in [2.24, 2.45) is 0 Å². The zero-order valence-corrected chi connectivity index (χ0v) is 18.2. The van der Waals surface area contributed by atoms with Crippen LogP contribution in [0.4, 0.5) is 0 Å². The molecule has 29 heavy (non-hydrogen) atoms. The van der Waals surface area contributed by atoms with Crippen LogP contribution in [0.2, 0.25) is 0 Å². The quantitative estimate of drug-likeness (QED) is 0.649. The lowest BCUT2D eigenvalue weighted by Gasteiger charge is -2.17. The van der Waals surface area contributed by atoms with E-state index in [1.165, 1.54) is 24.3 Å². The molecule has 2 atom stereocenters. The fraction of sp³-hybridized carbons (Fsp3) is 0.381. The first-order valence-electron chi connectivity index (χ1n) is 9.37. The number of carbonyl (C=O) groups excluding carboxylic acids is 1. The maximum atomic E-state index is 12.6. The van der Waals surface area contributed by atoms with Gasteiger partial charge in [0.05, 0.1) is 25.2 Å². The van der Waals surface area contributed by atoms with Crippen molar-refractivity contribution in [3.05, 3.63) is 53.6 Å². The molecule has 1 amide bonds. The highest BCUT2D eigenvalue weighted by atomic mass is 32.2. The molecule has 0 saturated heterocycles. The summed E-state index contributed by atoms with van der Waals surface area (Å²) in [7, 11) is -0.489. The maximum Gasteiger partial charge on any atom is 0.251 e. The molecular weight excluding hydrogens is 392 g/mol. The summed E-state index contributed by atoms with van der Waals surface area (Å²) in [4.78, 5) is 12.7. The van der Waals surface area contributed by atoms with Crippen LogP contribution < -0.4 is 19.5 Å². The third-order valence-corrected chi connectivity index (χ3v) is 6.26. The lowest BCUT2D eigenvalue weighted by molar-refractivity contribution is 0.0939. The van der Waals surface area contributed by atoms with Crippen molar-refractivity contribution in [3.63, 3.8) is 0 Å². The summed E-state index contributed by atoms with van der Waals surface area (Å²) in [6, 6.07) is 10.9. The summed E-state index contributed by atoms with van der Waals surface area (Å²) in [5.74, 6) is 0.887. The zero-order chi connectivity index (χ0) is 21.6. The smallest absolute Gasteiger partial charge is 0.251 e. The average Bonchev–Trinajstić information content (AvgIpc) is 2.72. The largest absolute Gasteiger partial charge is 0.493 e. The van der Waals surface area contributed by atoms with Crippen LogP contribution in [0, 0.1) is 0 Å². The van der Waals surface area contributed by atoms with E-state index < -0.39 is 10.0 Å². The van der Waals surface area contributed by atoms with Gasteiger partial charge in [-0.15, -0.1) is 0 Å². The van der Waals surface area contributed by atoms with Gasteiger partial charge in [-0.25, -0.2) is 13.1 Å². The summed E-state index contributed by atoms with van der Waals surface area (Å²) in [5, 5.41) is 2.90. The third kappa shape index (κ3) is 5.71. The number of methoxy groups -OCH3 is 2. The average molecular weight is 421 g/mol. The molecule has 2 N–H and O–H groups in total. The van der Waals surface area contributed by atoms with Crippen molar-refractivity contribution in [2.45, 2.75) is 44.2 Å². The highest BCUT2D eigenvalue weighted by Gasteiger charge is 2.18. The number of ether oxygens (including phenoxy) is 2. The predicted molar refractivity (Wildman–Crippen MR) is 112 cm³/mol. The monoisotopic (exact) mass is 420 g/mol. The van der Waals surface area contributed by atoms with Gasteiger partial charge in [0.25, 0.3) is 5.91 Å². The van der Waals surface area contributed by atoms with E-state index in [9.17, 15) is 13.2 Å². The normalized spacial score (nSPS) is 13.4. The number of sulfonamides is 1. The van der Waals surface area contributed by atoms with Crippen LogP contribution >= 0.6 is 0 Å². The third-order valence-electron chi connectivity index (χ3n) is 4.65. The number of rotatable bonds is 9.